The van der Waals surface area contributed by atoms with Crippen LogP contribution in [0.1, 0.15) is 33.3 Å². The Morgan fingerprint density at radius 3 is 2.48 bits per heavy atom. The fraction of sp³-hybridized carbons (Fsp3) is 0.476. The summed E-state index contributed by atoms with van der Waals surface area (Å²) in [7, 11) is 0. The summed E-state index contributed by atoms with van der Waals surface area (Å²) in [6, 6.07) is 7.35. The SMILES string of the molecule is Cc1cccc(OCC(=O)N(CC(C)C)c2c(N)n(CC(C)C)c(=O)[nH]c2=O)c1. The van der Waals surface area contributed by atoms with Crippen molar-refractivity contribution in [3.63, 3.8) is 0 Å². The summed E-state index contributed by atoms with van der Waals surface area (Å²) in [5.74, 6) is 0.341. The van der Waals surface area contributed by atoms with Crippen molar-refractivity contribution in [1.29, 1.82) is 0 Å². The number of aromatic nitrogens is 2. The first-order valence-electron chi connectivity index (χ1n) is 9.72. The molecule has 0 fully saturated rings. The second-order valence-electron chi connectivity index (χ2n) is 8.00. The first kappa shape index (κ1) is 22.3. The minimum absolute atomic E-state index is 0.0167. The standard InChI is InChI=1S/C21H30N4O4/c1-13(2)10-24(17(26)12-29-16-8-6-7-15(5)9-16)18-19(22)25(11-14(3)4)21(28)23-20(18)27/h6-9,13-14H,10-12,22H2,1-5H3,(H,23,27,28). The average Bonchev–Trinajstić information content (AvgIpc) is 2.62. The van der Waals surface area contributed by atoms with Crippen LogP contribution in [0.15, 0.2) is 33.9 Å². The number of nitrogens with zero attached hydrogens (tertiary/aromatic N) is 2. The van der Waals surface area contributed by atoms with E-state index in [0.29, 0.717) is 12.3 Å². The number of rotatable bonds is 8. The van der Waals surface area contributed by atoms with Gasteiger partial charge in [0.25, 0.3) is 11.5 Å². The van der Waals surface area contributed by atoms with Crippen LogP contribution in [0.25, 0.3) is 0 Å². The first-order chi connectivity index (χ1) is 13.6. The quantitative estimate of drug-likeness (QED) is 0.703. The smallest absolute Gasteiger partial charge is 0.330 e. The molecule has 0 unspecified atom stereocenters. The monoisotopic (exact) mass is 402 g/mol. The molecule has 0 bridgehead atoms. The lowest BCUT2D eigenvalue weighted by Crippen LogP contribution is -2.44. The topological polar surface area (TPSA) is 110 Å². The predicted octanol–water partition coefficient (Wildman–Crippen LogP) is 2.15. The normalized spacial score (nSPS) is 11.1. The maximum atomic E-state index is 13.0. The van der Waals surface area contributed by atoms with Gasteiger partial charge >= 0.3 is 5.69 Å². The maximum absolute atomic E-state index is 13.0. The number of aryl methyl sites for hydroxylation is 1. The molecule has 0 saturated carbocycles. The van der Waals surface area contributed by atoms with Crippen LogP contribution >= 0.6 is 0 Å². The fourth-order valence-corrected chi connectivity index (χ4v) is 3.00. The summed E-state index contributed by atoms with van der Waals surface area (Å²) in [6.45, 7) is 10.00. The van der Waals surface area contributed by atoms with Crippen molar-refractivity contribution >= 4 is 17.4 Å². The summed E-state index contributed by atoms with van der Waals surface area (Å²) >= 11 is 0. The Hall–Kier alpha value is -3.03. The highest BCUT2D eigenvalue weighted by Crippen LogP contribution is 2.20. The minimum Gasteiger partial charge on any atom is -0.484 e. The van der Waals surface area contributed by atoms with Gasteiger partial charge in [0.15, 0.2) is 12.3 Å². The van der Waals surface area contributed by atoms with E-state index in [4.69, 9.17) is 10.5 Å². The van der Waals surface area contributed by atoms with Gasteiger partial charge in [-0.05, 0) is 36.5 Å². The molecule has 3 N–H and O–H groups in total. The molecule has 1 amide bonds. The second-order valence-corrected chi connectivity index (χ2v) is 8.00. The molecule has 29 heavy (non-hydrogen) atoms. The number of anilines is 2. The summed E-state index contributed by atoms with van der Waals surface area (Å²) in [6.07, 6.45) is 0. The number of hydrogen-bond donors (Lipinski definition) is 2. The van der Waals surface area contributed by atoms with Crippen LogP contribution in [0, 0.1) is 18.8 Å². The van der Waals surface area contributed by atoms with Crippen molar-refractivity contribution in [3.8, 4) is 5.75 Å². The number of ether oxygens (including phenoxy) is 1. The van der Waals surface area contributed by atoms with Crippen LogP contribution < -0.4 is 26.6 Å². The number of amides is 1. The maximum Gasteiger partial charge on any atom is 0.330 e. The molecule has 1 heterocycles. The van der Waals surface area contributed by atoms with Gasteiger partial charge in [-0.3, -0.25) is 19.1 Å². The van der Waals surface area contributed by atoms with Gasteiger partial charge in [-0.25, -0.2) is 4.79 Å². The Kier molecular flexibility index (Phi) is 7.25. The van der Waals surface area contributed by atoms with Crippen LogP contribution in [0.2, 0.25) is 0 Å². The molecule has 0 spiro atoms. The van der Waals surface area contributed by atoms with E-state index < -0.39 is 17.2 Å². The molecule has 0 radical (unpaired) electrons. The lowest BCUT2D eigenvalue weighted by atomic mass is 10.2. The zero-order valence-corrected chi connectivity index (χ0v) is 17.7. The average molecular weight is 402 g/mol. The van der Waals surface area contributed by atoms with Gasteiger partial charge in [-0.15, -0.1) is 0 Å². The van der Waals surface area contributed by atoms with Gasteiger partial charge in [0.05, 0.1) is 0 Å². The van der Waals surface area contributed by atoms with Gasteiger partial charge in [-0.2, -0.15) is 0 Å². The molecule has 8 heteroatoms. The van der Waals surface area contributed by atoms with E-state index in [2.05, 4.69) is 4.98 Å². The van der Waals surface area contributed by atoms with E-state index in [1.54, 1.807) is 6.07 Å². The lowest BCUT2D eigenvalue weighted by Gasteiger charge is -2.26. The molecule has 1 aromatic carbocycles. The summed E-state index contributed by atoms with van der Waals surface area (Å²) < 4.78 is 6.91. The number of nitrogens with two attached hydrogens (primary N) is 1. The second kappa shape index (κ2) is 9.45. The molecule has 0 saturated heterocycles. The van der Waals surface area contributed by atoms with Crippen LogP contribution in [0.4, 0.5) is 11.5 Å². The molecule has 158 valence electrons. The highest BCUT2D eigenvalue weighted by atomic mass is 16.5. The van der Waals surface area contributed by atoms with Crippen molar-refractivity contribution in [1.82, 2.24) is 9.55 Å². The number of benzene rings is 1. The van der Waals surface area contributed by atoms with Crippen LogP contribution in [0.5, 0.6) is 5.75 Å². The van der Waals surface area contributed by atoms with Crippen LogP contribution in [-0.4, -0.2) is 28.6 Å². The third-order valence-corrected chi connectivity index (χ3v) is 4.23. The van der Waals surface area contributed by atoms with E-state index in [1.807, 2.05) is 52.8 Å². The van der Waals surface area contributed by atoms with E-state index in [-0.39, 0.29) is 36.5 Å². The third-order valence-electron chi connectivity index (χ3n) is 4.23. The van der Waals surface area contributed by atoms with Crippen molar-refractivity contribution in [3.05, 3.63) is 50.7 Å². The summed E-state index contributed by atoms with van der Waals surface area (Å²) in [4.78, 5) is 41.3. The minimum atomic E-state index is -0.683. The number of H-pyrrole nitrogens is 1. The van der Waals surface area contributed by atoms with E-state index in [0.717, 1.165) is 5.56 Å². The van der Waals surface area contributed by atoms with E-state index in [1.165, 1.54) is 9.47 Å². The Morgan fingerprint density at radius 2 is 1.90 bits per heavy atom. The molecule has 1 aromatic heterocycles. The Bertz CT molecular complexity index is 975. The molecule has 0 atom stereocenters. The molecule has 8 nitrogen and oxygen atoms in total. The molecule has 0 aliphatic heterocycles. The van der Waals surface area contributed by atoms with Gasteiger partial charge in [-0.1, -0.05) is 39.8 Å². The highest BCUT2D eigenvalue weighted by molar-refractivity contribution is 5.96. The van der Waals surface area contributed by atoms with Gasteiger partial charge < -0.3 is 15.4 Å². The molecular weight excluding hydrogens is 372 g/mol. The Morgan fingerprint density at radius 1 is 1.21 bits per heavy atom. The highest BCUT2D eigenvalue weighted by Gasteiger charge is 2.25. The molecule has 0 aliphatic rings. The molecule has 2 rings (SSSR count). The largest absolute Gasteiger partial charge is 0.484 e. The predicted molar refractivity (Wildman–Crippen MR) is 114 cm³/mol. The van der Waals surface area contributed by atoms with Gasteiger partial charge in [0, 0.05) is 13.1 Å². The zero-order chi connectivity index (χ0) is 21.7. The fourth-order valence-electron chi connectivity index (χ4n) is 3.00. The third kappa shape index (κ3) is 5.73. The molecule has 0 aliphatic carbocycles. The van der Waals surface area contributed by atoms with Crippen LogP contribution in [0.3, 0.4) is 0 Å². The molecule has 2 aromatic rings. The zero-order valence-electron chi connectivity index (χ0n) is 17.7. The van der Waals surface area contributed by atoms with E-state index in [9.17, 15) is 14.4 Å². The van der Waals surface area contributed by atoms with Gasteiger partial charge in [0.1, 0.15) is 11.6 Å². The van der Waals surface area contributed by atoms with E-state index >= 15 is 0 Å². The summed E-state index contributed by atoms with van der Waals surface area (Å²) in [5.41, 5.74) is 5.91. The van der Waals surface area contributed by atoms with Crippen molar-refractivity contribution in [2.75, 3.05) is 23.8 Å². The van der Waals surface area contributed by atoms with Crippen molar-refractivity contribution < 1.29 is 9.53 Å². The number of hydrogen-bond acceptors (Lipinski definition) is 5. The number of nitrogens with one attached hydrogen (secondary N) is 1. The first-order valence-corrected chi connectivity index (χ1v) is 9.72. The number of carbonyl (C=O) groups is 1. The number of nitrogen functional groups attached to an aromatic ring is 1. The Labute approximate surface area is 170 Å². The van der Waals surface area contributed by atoms with Crippen molar-refractivity contribution in [2.24, 2.45) is 11.8 Å². The summed E-state index contributed by atoms with van der Waals surface area (Å²) in [5, 5.41) is 0. The van der Waals surface area contributed by atoms with Crippen molar-refractivity contribution in [2.45, 2.75) is 41.2 Å². The number of carbonyl (C=O) groups excluding carboxylic acids is 1. The van der Waals surface area contributed by atoms with Gasteiger partial charge in [0.2, 0.25) is 0 Å². The number of aromatic amines is 1. The Balaban J connectivity index is 2.40. The molecular formula is C21H30N4O4. The van der Waals surface area contributed by atoms with Crippen LogP contribution in [-0.2, 0) is 11.3 Å². The lowest BCUT2D eigenvalue weighted by molar-refractivity contribution is -0.120.